The van der Waals surface area contributed by atoms with Gasteiger partial charge in [0.1, 0.15) is 0 Å². The molecule has 1 aromatic heterocycles. The van der Waals surface area contributed by atoms with Crippen molar-refractivity contribution in [2.45, 2.75) is 19.8 Å². The number of benzene rings is 1. The fourth-order valence-electron chi connectivity index (χ4n) is 3.34. The maximum Gasteiger partial charge on any atom is 0.228 e. The van der Waals surface area contributed by atoms with E-state index in [4.69, 9.17) is 30.6 Å². The number of rotatable bonds is 10. The smallest absolute Gasteiger partial charge is 0.228 e. The molecule has 0 saturated carbocycles. The molecule has 9 heteroatoms. The molecule has 1 atom stereocenters. The largest absolute Gasteiger partial charge is 0.382 e. The quantitative estimate of drug-likeness (QED) is 0.349. The lowest BCUT2D eigenvalue weighted by atomic mass is 10.1. The minimum atomic E-state index is 0.516. The fraction of sp³-hybridized carbons (Fsp3) is 0.571. The molecule has 1 aromatic carbocycles. The Balaban J connectivity index is 1.51. The molecule has 1 saturated heterocycles. The van der Waals surface area contributed by atoms with E-state index in [1.165, 1.54) is 0 Å². The maximum absolute atomic E-state index is 6.04. The molecule has 0 aliphatic carbocycles. The van der Waals surface area contributed by atoms with Crippen molar-refractivity contribution in [1.29, 1.82) is 0 Å². The highest BCUT2D eigenvalue weighted by Gasteiger charge is 2.25. The molecule has 0 amide bonds. The molecule has 1 unspecified atom stereocenters. The van der Waals surface area contributed by atoms with Crippen LogP contribution >= 0.6 is 11.6 Å². The lowest BCUT2D eigenvalue weighted by Gasteiger charge is -2.21. The summed E-state index contributed by atoms with van der Waals surface area (Å²) in [4.78, 5) is 11.5. The third-order valence-corrected chi connectivity index (χ3v) is 5.08. The zero-order valence-electron chi connectivity index (χ0n) is 17.6. The first-order chi connectivity index (χ1) is 14.7. The van der Waals surface area contributed by atoms with E-state index in [1.807, 2.05) is 24.3 Å². The van der Waals surface area contributed by atoms with Crippen molar-refractivity contribution in [3.63, 3.8) is 0 Å². The molecule has 3 rings (SSSR count). The average Bonchev–Trinajstić information content (AvgIpc) is 3.40. The van der Waals surface area contributed by atoms with Crippen LogP contribution in [0.5, 0.6) is 0 Å². The van der Waals surface area contributed by atoms with E-state index in [9.17, 15) is 0 Å². The molecule has 2 heterocycles. The van der Waals surface area contributed by atoms with Crippen LogP contribution in [0.25, 0.3) is 11.4 Å². The Bertz CT molecular complexity index is 813. The van der Waals surface area contributed by atoms with E-state index >= 15 is 0 Å². The van der Waals surface area contributed by atoms with Gasteiger partial charge in [0, 0.05) is 49.7 Å². The van der Waals surface area contributed by atoms with E-state index < -0.39 is 0 Å². The van der Waals surface area contributed by atoms with Crippen molar-refractivity contribution in [2.24, 2.45) is 10.9 Å². The van der Waals surface area contributed by atoms with Gasteiger partial charge in [-0.25, -0.2) is 0 Å². The number of hydrogen-bond donors (Lipinski definition) is 1. The molecular formula is C21H30ClN5O3. The van der Waals surface area contributed by atoms with Crippen LogP contribution in [0.2, 0.25) is 5.02 Å². The lowest BCUT2D eigenvalue weighted by Crippen LogP contribution is -2.40. The molecule has 8 nitrogen and oxygen atoms in total. The molecule has 0 spiro atoms. The Morgan fingerprint density at radius 1 is 1.40 bits per heavy atom. The van der Waals surface area contributed by atoms with Gasteiger partial charge < -0.3 is 24.2 Å². The third-order valence-electron chi connectivity index (χ3n) is 4.84. The van der Waals surface area contributed by atoms with Gasteiger partial charge in [-0.05, 0) is 25.5 Å². The van der Waals surface area contributed by atoms with Gasteiger partial charge in [-0.1, -0.05) is 28.9 Å². The number of guanidine groups is 1. The number of aromatic nitrogens is 2. The molecule has 30 heavy (non-hydrogen) atoms. The van der Waals surface area contributed by atoms with Crippen LogP contribution in [-0.4, -0.2) is 74.1 Å². The van der Waals surface area contributed by atoms with E-state index in [1.54, 1.807) is 7.11 Å². The van der Waals surface area contributed by atoms with E-state index in [-0.39, 0.29) is 0 Å². The van der Waals surface area contributed by atoms with Gasteiger partial charge >= 0.3 is 0 Å². The number of nitrogens with one attached hydrogen (secondary N) is 1. The number of aliphatic imine (C=N–C) groups is 1. The molecule has 1 aliphatic rings. The number of likely N-dealkylation sites (tertiary alicyclic amines) is 1. The SMILES string of the molecule is CCNC(=NCCc1nc(-c2cccc(Cl)c2)no1)N1CCC(COCCOC)C1. The minimum absolute atomic E-state index is 0.516. The number of halogens is 1. The van der Waals surface area contributed by atoms with Crippen molar-refractivity contribution in [1.82, 2.24) is 20.4 Å². The second-order valence-corrected chi connectivity index (χ2v) is 7.61. The Hall–Kier alpha value is -2.16. The topological polar surface area (TPSA) is 85.0 Å². The first-order valence-electron chi connectivity index (χ1n) is 10.4. The van der Waals surface area contributed by atoms with Gasteiger partial charge in [0.2, 0.25) is 11.7 Å². The predicted octanol–water partition coefficient (Wildman–Crippen LogP) is 2.88. The monoisotopic (exact) mass is 435 g/mol. The van der Waals surface area contributed by atoms with Crippen LogP contribution in [0.1, 0.15) is 19.2 Å². The van der Waals surface area contributed by atoms with E-state index in [0.717, 1.165) is 44.2 Å². The van der Waals surface area contributed by atoms with Crippen molar-refractivity contribution < 1.29 is 14.0 Å². The number of methoxy groups -OCH3 is 1. The van der Waals surface area contributed by atoms with Gasteiger partial charge in [-0.15, -0.1) is 0 Å². The molecule has 0 bridgehead atoms. The Morgan fingerprint density at radius 2 is 2.30 bits per heavy atom. The van der Waals surface area contributed by atoms with Crippen LogP contribution in [0.3, 0.4) is 0 Å². The second-order valence-electron chi connectivity index (χ2n) is 7.18. The molecule has 1 fully saturated rings. The highest BCUT2D eigenvalue weighted by atomic mass is 35.5. The van der Waals surface area contributed by atoms with Crippen molar-refractivity contribution >= 4 is 17.6 Å². The highest BCUT2D eigenvalue weighted by molar-refractivity contribution is 6.30. The number of ether oxygens (including phenoxy) is 2. The summed E-state index contributed by atoms with van der Waals surface area (Å²) in [5.41, 5.74) is 0.838. The van der Waals surface area contributed by atoms with Gasteiger partial charge in [0.25, 0.3) is 0 Å². The molecule has 1 N–H and O–H groups in total. The molecule has 164 valence electrons. The summed E-state index contributed by atoms with van der Waals surface area (Å²) >= 11 is 6.04. The molecule has 0 radical (unpaired) electrons. The summed E-state index contributed by atoms with van der Waals surface area (Å²) in [7, 11) is 1.69. The maximum atomic E-state index is 6.04. The van der Waals surface area contributed by atoms with Gasteiger partial charge in [0.15, 0.2) is 5.96 Å². The van der Waals surface area contributed by atoms with Crippen molar-refractivity contribution in [3.8, 4) is 11.4 Å². The standard InChI is InChI=1S/C21H30ClN5O3/c1-3-23-21(27-10-8-16(14-27)15-29-12-11-28-2)24-9-7-19-25-20(26-30-19)17-5-4-6-18(22)13-17/h4-6,13,16H,3,7-12,14-15H2,1-2H3,(H,23,24). The van der Waals surface area contributed by atoms with Crippen LogP contribution in [-0.2, 0) is 15.9 Å². The Morgan fingerprint density at radius 3 is 3.10 bits per heavy atom. The Kier molecular flexibility index (Phi) is 8.92. The summed E-state index contributed by atoms with van der Waals surface area (Å²) in [5, 5.41) is 8.07. The number of hydrogen-bond acceptors (Lipinski definition) is 6. The van der Waals surface area contributed by atoms with Crippen LogP contribution < -0.4 is 5.32 Å². The van der Waals surface area contributed by atoms with Crippen LogP contribution in [0.15, 0.2) is 33.8 Å². The van der Waals surface area contributed by atoms with E-state index in [2.05, 4.69) is 27.3 Å². The minimum Gasteiger partial charge on any atom is -0.382 e. The van der Waals surface area contributed by atoms with Gasteiger partial charge in [-0.2, -0.15) is 4.98 Å². The zero-order chi connectivity index (χ0) is 21.2. The molecular weight excluding hydrogens is 406 g/mol. The normalized spacial score (nSPS) is 17.0. The van der Waals surface area contributed by atoms with Crippen LogP contribution in [0, 0.1) is 5.92 Å². The molecule has 1 aliphatic heterocycles. The van der Waals surface area contributed by atoms with Gasteiger partial charge in [-0.3, -0.25) is 4.99 Å². The van der Waals surface area contributed by atoms with Gasteiger partial charge in [0.05, 0.1) is 26.4 Å². The summed E-state index contributed by atoms with van der Waals surface area (Å²) in [5.74, 6) is 2.54. The van der Waals surface area contributed by atoms with E-state index in [0.29, 0.717) is 48.8 Å². The van der Waals surface area contributed by atoms with Crippen LogP contribution in [0.4, 0.5) is 0 Å². The van der Waals surface area contributed by atoms with Crippen molar-refractivity contribution in [3.05, 3.63) is 35.2 Å². The first-order valence-corrected chi connectivity index (χ1v) is 10.8. The number of nitrogens with zero attached hydrogens (tertiary/aromatic N) is 4. The first kappa shape index (κ1) is 22.5. The predicted molar refractivity (Wildman–Crippen MR) is 117 cm³/mol. The second kappa shape index (κ2) is 11.9. The molecule has 2 aromatic rings. The Labute approximate surface area is 182 Å². The summed E-state index contributed by atoms with van der Waals surface area (Å²) in [6.45, 7) is 7.42. The lowest BCUT2D eigenvalue weighted by molar-refractivity contribution is 0.0536. The summed E-state index contributed by atoms with van der Waals surface area (Å²) < 4.78 is 16.1. The summed E-state index contributed by atoms with van der Waals surface area (Å²) in [6, 6.07) is 7.41. The fourth-order valence-corrected chi connectivity index (χ4v) is 3.53. The third kappa shape index (κ3) is 6.68. The highest BCUT2D eigenvalue weighted by Crippen LogP contribution is 2.20. The van der Waals surface area contributed by atoms with Crippen molar-refractivity contribution in [2.75, 3.05) is 53.1 Å². The zero-order valence-corrected chi connectivity index (χ0v) is 18.4. The summed E-state index contributed by atoms with van der Waals surface area (Å²) in [6.07, 6.45) is 1.68. The average molecular weight is 436 g/mol.